The standard InChI is InChI=1S/C69H135NO5/c1-3-5-7-9-11-13-15-17-39-43-47-51-55-59-63-69(74)75-64-60-56-52-48-44-40-37-35-33-31-29-27-25-23-21-19-18-20-22-24-26-28-30-32-34-36-38-42-46-50-54-58-62-68(73)70-66(65-71)67(72)61-57-53-49-45-41-16-14-12-10-8-6-4-2/h57,61,66-67,71-72H,3-56,58-60,62-65H2,1-2H3,(H,70,73)/b61-57+. The number of unbranched alkanes of at least 4 members (excludes halogenated alkanes) is 54. The van der Waals surface area contributed by atoms with Gasteiger partial charge in [0.25, 0.3) is 0 Å². The first kappa shape index (κ1) is 73.6. The summed E-state index contributed by atoms with van der Waals surface area (Å²) in [5.41, 5.74) is 0. The van der Waals surface area contributed by atoms with Crippen molar-refractivity contribution < 1.29 is 24.5 Å². The molecule has 0 fully saturated rings. The summed E-state index contributed by atoms with van der Waals surface area (Å²) in [4.78, 5) is 24.5. The highest BCUT2D eigenvalue weighted by atomic mass is 16.5. The number of hydrogen-bond donors (Lipinski definition) is 3. The summed E-state index contributed by atoms with van der Waals surface area (Å²) in [5, 5.41) is 23.1. The van der Waals surface area contributed by atoms with Crippen LogP contribution in [0.2, 0.25) is 0 Å². The van der Waals surface area contributed by atoms with Crippen LogP contribution in [-0.2, 0) is 14.3 Å². The predicted octanol–water partition coefficient (Wildman–Crippen LogP) is 22.0. The molecule has 0 heterocycles. The lowest BCUT2D eigenvalue weighted by molar-refractivity contribution is -0.143. The molecule has 2 unspecified atom stereocenters. The molecule has 6 nitrogen and oxygen atoms in total. The molecule has 0 aromatic carbocycles. The highest BCUT2D eigenvalue weighted by Gasteiger charge is 2.18. The molecule has 0 saturated carbocycles. The van der Waals surface area contributed by atoms with Gasteiger partial charge in [0, 0.05) is 12.8 Å². The maximum absolute atomic E-state index is 12.4. The lowest BCUT2D eigenvalue weighted by Gasteiger charge is -2.20. The summed E-state index contributed by atoms with van der Waals surface area (Å²) in [7, 11) is 0. The third-order valence-corrected chi connectivity index (χ3v) is 16.3. The molecule has 6 heteroatoms. The van der Waals surface area contributed by atoms with Gasteiger partial charge in [-0.1, -0.05) is 360 Å². The van der Waals surface area contributed by atoms with Gasteiger partial charge < -0.3 is 20.3 Å². The van der Waals surface area contributed by atoms with Gasteiger partial charge in [-0.2, -0.15) is 0 Å². The van der Waals surface area contributed by atoms with Crippen LogP contribution in [0.25, 0.3) is 0 Å². The van der Waals surface area contributed by atoms with Crippen molar-refractivity contribution >= 4 is 11.9 Å². The number of carbonyl (C=O) groups excluding carboxylic acids is 2. The topological polar surface area (TPSA) is 95.9 Å². The van der Waals surface area contributed by atoms with E-state index in [2.05, 4.69) is 19.2 Å². The molecule has 0 aromatic heterocycles. The van der Waals surface area contributed by atoms with Crippen LogP contribution in [0, 0.1) is 0 Å². The Hall–Kier alpha value is -1.40. The Balaban J connectivity index is 3.30. The second-order valence-electron chi connectivity index (χ2n) is 23.9. The molecule has 0 aliphatic rings. The van der Waals surface area contributed by atoms with Gasteiger partial charge in [-0.05, 0) is 32.1 Å². The van der Waals surface area contributed by atoms with Crippen LogP contribution in [0.15, 0.2) is 12.2 Å². The maximum Gasteiger partial charge on any atom is 0.305 e. The number of ether oxygens (including phenoxy) is 1. The molecule has 2 atom stereocenters. The van der Waals surface area contributed by atoms with Crippen LogP contribution in [0.3, 0.4) is 0 Å². The van der Waals surface area contributed by atoms with E-state index < -0.39 is 12.1 Å². The van der Waals surface area contributed by atoms with Crippen LogP contribution in [0.5, 0.6) is 0 Å². The molecule has 0 rings (SSSR count). The van der Waals surface area contributed by atoms with Crippen LogP contribution < -0.4 is 5.32 Å². The van der Waals surface area contributed by atoms with E-state index in [4.69, 9.17) is 4.74 Å². The minimum atomic E-state index is -0.839. The van der Waals surface area contributed by atoms with E-state index in [-0.39, 0.29) is 18.5 Å². The van der Waals surface area contributed by atoms with Crippen molar-refractivity contribution in [1.29, 1.82) is 0 Å². The molecule has 0 saturated heterocycles. The number of aliphatic hydroxyl groups is 2. The highest BCUT2D eigenvalue weighted by molar-refractivity contribution is 5.76. The third kappa shape index (κ3) is 61.7. The smallest absolute Gasteiger partial charge is 0.305 e. The first-order valence-electron chi connectivity index (χ1n) is 34.5. The fourth-order valence-electron chi connectivity index (χ4n) is 11.1. The number of carbonyl (C=O) groups is 2. The first-order valence-corrected chi connectivity index (χ1v) is 34.5. The average Bonchev–Trinajstić information content (AvgIpc) is 3.41. The minimum absolute atomic E-state index is 0.0239. The van der Waals surface area contributed by atoms with Crippen molar-refractivity contribution in [3.05, 3.63) is 12.2 Å². The summed E-state index contributed by atoms with van der Waals surface area (Å²) in [6.07, 6.45) is 80.1. The molecule has 0 spiro atoms. The van der Waals surface area contributed by atoms with E-state index in [0.717, 1.165) is 38.5 Å². The molecule has 75 heavy (non-hydrogen) atoms. The second kappa shape index (κ2) is 65.1. The molecule has 1 amide bonds. The van der Waals surface area contributed by atoms with E-state index in [0.29, 0.717) is 19.4 Å². The van der Waals surface area contributed by atoms with E-state index in [1.807, 2.05) is 6.08 Å². The predicted molar refractivity (Wildman–Crippen MR) is 329 cm³/mol. The van der Waals surface area contributed by atoms with Crippen molar-refractivity contribution in [2.75, 3.05) is 13.2 Å². The Morgan fingerprint density at radius 1 is 0.360 bits per heavy atom. The first-order chi connectivity index (χ1) is 37.0. The quantitative estimate of drug-likeness (QED) is 0.0320. The third-order valence-electron chi connectivity index (χ3n) is 16.3. The summed E-state index contributed by atoms with van der Waals surface area (Å²) in [5.74, 6) is -0.0382. The molecular formula is C69H135NO5. The number of hydrogen-bond acceptors (Lipinski definition) is 5. The van der Waals surface area contributed by atoms with Gasteiger partial charge in [0.2, 0.25) is 5.91 Å². The Kier molecular flexibility index (Phi) is 63.9. The van der Waals surface area contributed by atoms with Crippen molar-refractivity contribution in [1.82, 2.24) is 5.32 Å². The summed E-state index contributed by atoms with van der Waals surface area (Å²) >= 11 is 0. The monoisotopic (exact) mass is 1060 g/mol. The van der Waals surface area contributed by atoms with Crippen LogP contribution in [-0.4, -0.2) is 47.4 Å². The van der Waals surface area contributed by atoms with Crippen molar-refractivity contribution in [2.24, 2.45) is 0 Å². The van der Waals surface area contributed by atoms with E-state index in [1.165, 1.54) is 327 Å². The number of aliphatic hydroxyl groups excluding tert-OH is 2. The lowest BCUT2D eigenvalue weighted by atomic mass is 10.0. The Morgan fingerprint density at radius 3 is 0.907 bits per heavy atom. The zero-order valence-electron chi connectivity index (χ0n) is 51.1. The zero-order valence-corrected chi connectivity index (χ0v) is 51.1. The molecule has 3 N–H and O–H groups in total. The number of amides is 1. The highest BCUT2D eigenvalue weighted by Crippen LogP contribution is 2.19. The van der Waals surface area contributed by atoms with Gasteiger partial charge in [-0.3, -0.25) is 9.59 Å². The summed E-state index contributed by atoms with van der Waals surface area (Å²) in [6, 6.07) is -0.622. The van der Waals surface area contributed by atoms with Gasteiger partial charge in [-0.25, -0.2) is 0 Å². The molecule has 0 radical (unpaired) electrons. The van der Waals surface area contributed by atoms with Crippen molar-refractivity contribution in [3.8, 4) is 0 Å². The minimum Gasteiger partial charge on any atom is -0.466 e. The van der Waals surface area contributed by atoms with Crippen LogP contribution in [0.4, 0.5) is 0 Å². The second-order valence-corrected chi connectivity index (χ2v) is 23.9. The maximum atomic E-state index is 12.4. The number of rotatable bonds is 65. The van der Waals surface area contributed by atoms with E-state index in [9.17, 15) is 19.8 Å². The van der Waals surface area contributed by atoms with Gasteiger partial charge in [0.15, 0.2) is 0 Å². The van der Waals surface area contributed by atoms with Gasteiger partial charge in [-0.15, -0.1) is 0 Å². The molecule has 0 bridgehead atoms. The largest absolute Gasteiger partial charge is 0.466 e. The average molecular weight is 1060 g/mol. The van der Waals surface area contributed by atoms with Gasteiger partial charge in [0.1, 0.15) is 0 Å². The van der Waals surface area contributed by atoms with Crippen molar-refractivity contribution in [3.63, 3.8) is 0 Å². The summed E-state index contributed by atoms with van der Waals surface area (Å²) < 4.78 is 5.50. The van der Waals surface area contributed by atoms with Crippen LogP contribution in [0.1, 0.15) is 393 Å². The number of allylic oxidation sites excluding steroid dienone is 1. The lowest BCUT2D eigenvalue weighted by Crippen LogP contribution is -2.45. The molecule has 0 aliphatic heterocycles. The van der Waals surface area contributed by atoms with Crippen molar-refractivity contribution in [2.45, 2.75) is 405 Å². The van der Waals surface area contributed by atoms with E-state index in [1.54, 1.807) is 6.08 Å². The molecule has 446 valence electrons. The Morgan fingerprint density at radius 2 is 0.613 bits per heavy atom. The Labute approximate surface area is 469 Å². The fraction of sp³-hybridized carbons (Fsp3) is 0.942. The van der Waals surface area contributed by atoms with E-state index >= 15 is 0 Å². The van der Waals surface area contributed by atoms with Gasteiger partial charge in [0.05, 0.1) is 25.4 Å². The Bertz CT molecular complexity index is 1130. The van der Waals surface area contributed by atoms with Crippen LogP contribution >= 0.6 is 0 Å². The molecule has 0 aromatic rings. The molecular weight excluding hydrogens is 923 g/mol. The zero-order chi connectivity index (χ0) is 54.3. The summed E-state index contributed by atoms with van der Waals surface area (Å²) in [6.45, 7) is 4.93. The SMILES string of the molecule is CCCCCCCCCCCC/C=C/C(O)C(CO)NC(=O)CCCCCCCCCCCCCCCCCCCCCCCCCCCCCCCCCCOC(=O)CCCCCCCCCCCCCCCC. The fourth-order valence-corrected chi connectivity index (χ4v) is 11.1. The number of esters is 1. The number of nitrogens with one attached hydrogen (secondary N) is 1. The molecule has 0 aliphatic carbocycles. The normalized spacial score (nSPS) is 12.5. The van der Waals surface area contributed by atoms with Gasteiger partial charge >= 0.3 is 5.97 Å².